The number of benzene rings is 2. The second-order valence-electron chi connectivity index (χ2n) is 5.87. The van der Waals surface area contributed by atoms with Crippen molar-refractivity contribution in [2.45, 2.75) is 10.9 Å². The highest BCUT2D eigenvalue weighted by atomic mass is 32.2. The molecule has 0 amide bonds. The zero-order valence-corrected chi connectivity index (χ0v) is 16.1. The van der Waals surface area contributed by atoms with Crippen LogP contribution in [-0.4, -0.2) is 28.9 Å². The first kappa shape index (κ1) is 18.1. The van der Waals surface area contributed by atoms with E-state index in [0.29, 0.717) is 33.3 Å². The van der Waals surface area contributed by atoms with Crippen LogP contribution in [0.25, 0.3) is 16.6 Å². The summed E-state index contributed by atoms with van der Waals surface area (Å²) in [6.45, 7) is 0. The van der Waals surface area contributed by atoms with E-state index in [1.54, 1.807) is 29.9 Å². The first-order valence-electron chi connectivity index (χ1n) is 8.47. The molecule has 0 aliphatic rings. The number of fused-ring (bicyclic) bond motifs is 1. The minimum atomic E-state index is -0.181. The molecule has 0 N–H and O–H groups in total. The molecule has 0 aliphatic heterocycles. The van der Waals surface area contributed by atoms with Crippen LogP contribution in [0.15, 0.2) is 69.3 Å². The predicted molar refractivity (Wildman–Crippen MR) is 107 cm³/mol. The van der Waals surface area contributed by atoms with Gasteiger partial charge in [-0.25, -0.2) is 4.98 Å². The van der Waals surface area contributed by atoms with Crippen molar-refractivity contribution in [1.82, 2.24) is 14.7 Å². The van der Waals surface area contributed by atoms with Gasteiger partial charge in [-0.15, -0.1) is 0 Å². The topological polar surface area (TPSA) is 79.4 Å². The zero-order valence-electron chi connectivity index (χ0n) is 15.3. The van der Waals surface area contributed by atoms with Gasteiger partial charge in [0.05, 0.1) is 36.5 Å². The van der Waals surface area contributed by atoms with Gasteiger partial charge in [0, 0.05) is 17.9 Å². The second-order valence-corrected chi connectivity index (χ2v) is 6.82. The first-order valence-corrected chi connectivity index (χ1v) is 9.46. The fourth-order valence-corrected chi connectivity index (χ4v) is 3.75. The third-order valence-corrected chi connectivity index (χ3v) is 5.17. The van der Waals surface area contributed by atoms with Gasteiger partial charge >= 0.3 is 0 Å². The summed E-state index contributed by atoms with van der Waals surface area (Å²) in [5.41, 5.74) is 1.86. The molecule has 4 rings (SSSR count). The van der Waals surface area contributed by atoms with Crippen molar-refractivity contribution in [1.29, 1.82) is 0 Å². The molecule has 2 aromatic carbocycles. The lowest BCUT2D eigenvalue weighted by Crippen LogP contribution is -2.22. The highest BCUT2D eigenvalue weighted by molar-refractivity contribution is 7.98. The maximum atomic E-state index is 13.4. The molecular weight excluding hydrogens is 378 g/mol. The van der Waals surface area contributed by atoms with Crippen LogP contribution < -0.4 is 15.0 Å². The van der Waals surface area contributed by atoms with E-state index in [2.05, 4.69) is 5.16 Å². The highest BCUT2D eigenvalue weighted by Gasteiger charge is 2.17. The summed E-state index contributed by atoms with van der Waals surface area (Å²) in [4.78, 5) is 18.1. The molecule has 0 radical (unpaired) electrons. The van der Waals surface area contributed by atoms with E-state index in [4.69, 9.17) is 19.0 Å². The summed E-state index contributed by atoms with van der Waals surface area (Å²) < 4.78 is 17.2. The number of nitrogens with zero attached hydrogens (tertiary/aromatic N) is 3. The summed E-state index contributed by atoms with van der Waals surface area (Å²) in [5.74, 6) is 1.53. The van der Waals surface area contributed by atoms with Gasteiger partial charge in [-0.1, -0.05) is 35.1 Å². The average molecular weight is 395 g/mol. The molecule has 142 valence electrons. The van der Waals surface area contributed by atoms with Crippen molar-refractivity contribution in [3.63, 3.8) is 0 Å². The Labute approximate surface area is 164 Å². The van der Waals surface area contributed by atoms with Crippen LogP contribution in [0.2, 0.25) is 0 Å². The molecule has 0 spiro atoms. The Balaban J connectivity index is 1.92. The van der Waals surface area contributed by atoms with E-state index < -0.39 is 0 Å². The van der Waals surface area contributed by atoms with Crippen molar-refractivity contribution < 1.29 is 14.0 Å². The van der Waals surface area contributed by atoms with E-state index >= 15 is 0 Å². The second kappa shape index (κ2) is 7.77. The van der Waals surface area contributed by atoms with Crippen LogP contribution in [0, 0.1) is 0 Å². The summed E-state index contributed by atoms with van der Waals surface area (Å²) >= 11 is 1.41. The lowest BCUT2D eigenvalue weighted by molar-refractivity contribution is 0.355. The molecule has 2 aromatic heterocycles. The Morgan fingerprint density at radius 3 is 2.50 bits per heavy atom. The Hall–Kier alpha value is -3.26. The van der Waals surface area contributed by atoms with Crippen LogP contribution in [0.4, 0.5) is 0 Å². The molecule has 0 unspecified atom stereocenters. The molecule has 0 fully saturated rings. The van der Waals surface area contributed by atoms with E-state index in [0.717, 1.165) is 11.4 Å². The van der Waals surface area contributed by atoms with Crippen molar-refractivity contribution in [3.8, 4) is 17.2 Å². The number of para-hydroxylation sites is 1. The van der Waals surface area contributed by atoms with Crippen molar-refractivity contribution >= 4 is 22.7 Å². The number of ether oxygens (including phenoxy) is 2. The first-order chi connectivity index (χ1) is 13.7. The monoisotopic (exact) mass is 395 g/mol. The van der Waals surface area contributed by atoms with Gasteiger partial charge in [-0.05, 0) is 18.2 Å². The number of hydrogen-bond donors (Lipinski definition) is 0. The smallest absolute Gasteiger partial charge is 0.266 e. The van der Waals surface area contributed by atoms with Crippen molar-refractivity contribution in [3.05, 3.63) is 70.8 Å². The van der Waals surface area contributed by atoms with Crippen LogP contribution in [0.3, 0.4) is 0 Å². The van der Waals surface area contributed by atoms with E-state index in [1.165, 1.54) is 25.1 Å². The van der Waals surface area contributed by atoms with Gasteiger partial charge in [0.15, 0.2) is 16.7 Å². The molecule has 4 aromatic rings. The number of thioether (sulfide) groups is 1. The number of hydrogen-bond acceptors (Lipinski definition) is 7. The number of aromatic nitrogens is 3. The molecule has 0 atom stereocenters. The number of rotatable bonds is 6. The zero-order chi connectivity index (χ0) is 19.5. The van der Waals surface area contributed by atoms with Gasteiger partial charge in [0.2, 0.25) is 0 Å². The minimum absolute atomic E-state index is 0.181. The van der Waals surface area contributed by atoms with Gasteiger partial charge in [0.1, 0.15) is 6.26 Å². The van der Waals surface area contributed by atoms with E-state index in [-0.39, 0.29) is 5.56 Å². The van der Waals surface area contributed by atoms with Gasteiger partial charge in [-0.3, -0.25) is 9.36 Å². The molecule has 0 bridgehead atoms. The Bertz CT molecular complexity index is 1160. The van der Waals surface area contributed by atoms with Crippen LogP contribution in [0.5, 0.6) is 11.5 Å². The maximum absolute atomic E-state index is 13.4. The lowest BCUT2D eigenvalue weighted by Gasteiger charge is -2.14. The molecular formula is C20H17N3O4S. The molecule has 28 heavy (non-hydrogen) atoms. The lowest BCUT2D eigenvalue weighted by atomic mass is 10.2. The van der Waals surface area contributed by atoms with E-state index in [1.807, 2.05) is 30.3 Å². The maximum Gasteiger partial charge on any atom is 0.266 e. The molecule has 0 saturated carbocycles. The SMILES string of the molecule is COc1cc2nc(SCc3ccon3)n(-c3ccccc3)c(=O)c2cc1OC. The summed E-state index contributed by atoms with van der Waals surface area (Å²) in [6, 6.07) is 14.6. The quantitative estimate of drug-likeness (QED) is 0.364. The standard InChI is InChI=1S/C20H17N3O4S/c1-25-17-10-15-16(11-18(17)26-2)21-20(28-12-13-8-9-27-22-13)23(19(15)24)14-6-4-3-5-7-14/h3-11H,12H2,1-2H3. The number of methoxy groups -OCH3 is 2. The van der Waals surface area contributed by atoms with E-state index in [9.17, 15) is 4.79 Å². The molecule has 7 nitrogen and oxygen atoms in total. The van der Waals surface area contributed by atoms with Crippen molar-refractivity contribution in [2.24, 2.45) is 0 Å². The fraction of sp³-hybridized carbons (Fsp3) is 0.150. The Kier molecular flexibility index (Phi) is 5.03. The summed E-state index contributed by atoms with van der Waals surface area (Å²) in [6.07, 6.45) is 1.52. The van der Waals surface area contributed by atoms with Gasteiger partial charge in [0.25, 0.3) is 5.56 Å². The molecule has 8 heteroatoms. The summed E-state index contributed by atoms with van der Waals surface area (Å²) in [7, 11) is 3.09. The minimum Gasteiger partial charge on any atom is -0.493 e. The largest absolute Gasteiger partial charge is 0.493 e. The molecule has 0 saturated heterocycles. The third kappa shape index (κ3) is 3.34. The molecule has 2 heterocycles. The molecule has 0 aliphatic carbocycles. The van der Waals surface area contributed by atoms with Gasteiger partial charge in [-0.2, -0.15) is 0 Å². The Morgan fingerprint density at radius 2 is 1.82 bits per heavy atom. The van der Waals surface area contributed by atoms with Crippen LogP contribution >= 0.6 is 11.8 Å². The average Bonchev–Trinajstić information content (AvgIpc) is 3.25. The predicted octanol–water partition coefficient (Wildman–Crippen LogP) is 3.68. The van der Waals surface area contributed by atoms with Crippen LogP contribution in [-0.2, 0) is 5.75 Å². The third-order valence-electron chi connectivity index (χ3n) is 4.20. The normalized spacial score (nSPS) is 10.9. The van der Waals surface area contributed by atoms with Crippen LogP contribution in [0.1, 0.15) is 5.69 Å². The van der Waals surface area contributed by atoms with Crippen molar-refractivity contribution in [2.75, 3.05) is 14.2 Å². The van der Waals surface area contributed by atoms with Gasteiger partial charge < -0.3 is 14.0 Å². The Morgan fingerprint density at radius 1 is 1.07 bits per heavy atom. The fourth-order valence-electron chi connectivity index (χ4n) is 2.84. The highest BCUT2D eigenvalue weighted by Crippen LogP contribution is 2.32. The summed E-state index contributed by atoms with van der Waals surface area (Å²) in [5, 5.41) is 4.93.